The molecule has 1 aromatic carbocycles. The van der Waals surface area contributed by atoms with Crippen molar-refractivity contribution in [1.29, 1.82) is 0 Å². The zero-order valence-electron chi connectivity index (χ0n) is 10.1. The van der Waals surface area contributed by atoms with Crippen molar-refractivity contribution in [3.8, 4) is 0 Å². The molecule has 0 spiro atoms. The Labute approximate surface area is 103 Å². The molecule has 0 bridgehead atoms. The van der Waals surface area contributed by atoms with Crippen LogP contribution in [0.25, 0.3) is 0 Å². The van der Waals surface area contributed by atoms with Gasteiger partial charge in [0, 0.05) is 11.1 Å². The van der Waals surface area contributed by atoms with E-state index in [4.69, 9.17) is 17.3 Å². The molecule has 90 valence electrons. The second kappa shape index (κ2) is 6.89. The number of rotatable bonds is 6. The van der Waals surface area contributed by atoms with E-state index in [1.807, 2.05) is 24.3 Å². The summed E-state index contributed by atoms with van der Waals surface area (Å²) in [7, 11) is 0. The minimum atomic E-state index is 0.109. The normalized spacial score (nSPS) is 13.1. The monoisotopic (exact) mass is 240 g/mol. The molecule has 0 heterocycles. The molecule has 0 unspecified atom stereocenters. The molecule has 2 N–H and O–H groups in total. The lowest BCUT2D eigenvalue weighted by molar-refractivity contribution is 0.291. The fraction of sp³-hybridized carbons (Fsp3) is 0.538. The first kappa shape index (κ1) is 13.5. The molecule has 0 aromatic heterocycles. The van der Waals surface area contributed by atoms with Crippen molar-refractivity contribution in [1.82, 2.24) is 4.90 Å². The summed E-state index contributed by atoms with van der Waals surface area (Å²) in [6.45, 7) is 7.58. The van der Waals surface area contributed by atoms with E-state index in [0.717, 1.165) is 36.6 Å². The number of hydrogen-bond donors (Lipinski definition) is 1. The van der Waals surface area contributed by atoms with Crippen molar-refractivity contribution in [2.75, 3.05) is 19.6 Å². The Morgan fingerprint density at radius 3 is 2.25 bits per heavy atom. The number of halogens is 1. The second-order valence-electron chi connectivity index (χ2n) is 3.97. The summed E-state index contributed by atoms with van der Waals surface area (Å²) in [5.74, 6) is 0. The van der Waals surface area contributed by atoms with Crippen molar-refractivity contribution in [2.45, 2.75) is 26.3 Å². The highest BCUT2D eigenvalue weighted by molar-refractivity contribution is 6.30. The molecular weight excluding hydrogens is 220 g/mol. The average molecular weight is 241 g/mol. The summed E-state index contributed by atoms with van der Waals surface area (Å²) >= 11 is 5.84. The number of benzene rings is 1. The van der Waals surface area contributed by atoms with Crippen LogP contribution >= 0.6 is 11.6 Å². The highest BCUT2D eigenvalue weighted by atomic mass is 35.5. The van der Waals surface area contributed by atoms with Crippen LogP contribution in [-0.2, 0) is 0 Å². The fourth-order valence-electron chi connectivity index (χ4n) is 1.74. The molecule has 1 rings (SSSR count). The first-order valence-electron chi connectivity index (χ1n) is 5.90. The Morgan fingerprint density at radius 1 is 1.19 bits per heavy atom. The van der Waals surface area contributed by atoms with Crippen LogP contribution in [0.1, 0.15) is 31.9 Å². The zero-order chi connectivity index (χ0) is 12.0. The van der Waals surface area contributed by atoms with E-state index in [9.17, 15) is 0 Å². The molecule has 16 heavy (non-hydrogen) atoms. The van der Waals surface area contributed by atoms with Crippen LogP contribution in [0, 0.1) is 0 Å². The maximum absolute atomic E-state index is 6.13. The molecule has 0 saturated carbocycles. The van der Waals surface area contributed by atoms with E-state index >= 15 is 0 Å². The van der Waals surface area contributed by atoms with Crippen LogP contribution in [0.4, 0.5) is 0 Å². The van der Waals surface area contributed by atoms with Gasteiger partial charge in [-0.3, -0.25) is 0 Å². The summed E-state index contributed by atoms with van der Waals surface area (Å²) in [5.41, 5.74) is 7.30. The summed E-state index contributed by atoms with van der Waals surface area (Å²) < 4.78 is 0. The Kier molecular flexibility index (Phi) is 5.81. The van der Waals surface area contributed by atoms with Crippen LogP contribution < -0.4 is 5.73 Å². The lowest BCUT2D eigenvalue weighted by Gasteiger charge is -2.20. The molecule has 3 heteroatoms. The zero-order valence-corrected chi connectivity index (χ0v) is 10.9. The minimum Gasteiger partial charge on any atom is -0.324 e. The van der Waals surface area contributed by atoms with Crippen LogP contribution in [0.15, 0.2) is 24.3 Å². The van der Waals surface area contributed by atoms with E-state index < -0.39 is 0 Å². The largest absolute Gasteiger partial charge is 0.324 e. The Hall–Kier alpha value is -0.570. The number of nitrogens with zero attached hydrogens (tertiary/aromatic N) is 1. The van der Waals surface area contributed by atoms with Gasteiger partial charge in [-0.2, -0.15) is 0 Å². The molecular formula is C13H21ClN2. The first-order valence-corrected chi connectivity index (χ1v) is 6.28. The van der Waals surface area contributed by atoms with Gasteiger partial charge >= 0.3 is 0 Å². The molecule has 0 aliphatic carbocycles. The van der Waals surface area contributed by atoms with Gasteiger partial charge in [0.15, 0.2) is 0 Å². The fourth-order valence-corrected chi connectivity index (χ4v) is 1.86. The Balaban J connectivity index is 2.46. The van der Waals surface area contributed by atoms with Crippen LogP contribution in [0.5, 0.6) is 0 Å². The molecule has 0 radical (unpaired) electrons. The van der Waals surface area contributed by atoms with Crippen LogP contribution in [0.2, 0.25) is 5.02 Å². The van der Waals surface area contributed by atoms with Gasteiger partial charge in [-0.1, -0.05) is 37.6 Å². The van der Waals surface area contributed by atoms with Gasteiger partial charge in [0.05, 0.1) is 0 Å². The number of hydrogen-bond acceptors (Lipinski definition) is 2. The third-order valence-corrected chi connectivity index (χ3v) is 3.20. The third kappa shape index (κ3) is 4.12. The summed E-state index contributed by atoms with van der Waals surface area (Å²) in [5, 5.41) is 0.764. The maximum Gasteiger partial charge on any atom is 0.0406 e. The van der Waals surface area contributed by atoms with Gasteiger partial charge < -0.3 is 10.6 Å². The van der Waals surface area contributed by atoms with Gasteiger partial charge in [-0.25, -0.2) is 0 Å². The van der Waals surface area contributed by atoms with E-state index in [0.29, 0.717) is 0 Å². The van der Waals surface area contributed by atoms with Gasteiger partial charge in [0.1, 0.15) is 0 Å². The SMILES string of the molecule is CCN(CC)CC[C@H](N)c1ccc(Cl)cc1. The van der Waals surface area contributed by atoms with E-state index in [-0.39, 0.29) is 6.04 Å². The molecule has 0 aliphatic heterocycles. The predicted molar refractivity (Wildman–Crippen MR) is 70.8 cm³/mol. The molecule has 0 saturated heterocycles. The molecule has 1 atom stereocenters. The van der Waals surface area contributed by atoms with Crippen LogP contribution in [-0.4, -0.2) is 24.5 Å². The second-order valence-corrected chi connectivity index (χ2v) is 4.41. The van der Waals surface area contributed by atoms with Gasteiger partial charge in [0.2, 0.25) is 0 Å². The molecule has 0 amide bonds. The van der Waals surface area contributed by atoms with Crippen molar-refractivity contribution in [3.63, 3.8) is 0 Å². The van der Waals surface area contributed by atoms with Crippen LogP contribution in [0.3, 0.4) is 0 Å². The van der Waals surface area contributed by atoms with E-state index in [1.165, 1.54) is 0 Å². The van der Waals surface area contributed by atoms with Gasteiger partial charge in [0.25, 0.3) is 0 Å². The standard InChI is InChI=1S/C13H21ClN2/c1-3-16(4-2)10-9-13(15)11-5-7-12(14)8-6-11/h5-8,13H,3-4,9-10,15H2,1-2H3/t13-/m0/s1. The van der Waals surface area contributed by atoms with Gasteiger partial charge in [-0.15, -0.1) is 0 Å². The molecule has 0 aliphatic rings. The maximum atomic E-state index is 6.13. The lowest BCUT2D eigenvalue weighted by Crippen LogP contribution is -2.27. The van der Waals surface area contributed by atoms with Crippen molar-refractivity contribution in [2.24, 2.45) is 5.73 Å². The third-order valence-electron chi connectivity index (χ3n) is 2.95. The van der Waals surface area contributed by atoms with E-state index in [1.54, 1.807) is 0 Å². The lowest BCUT2D eigenvalue weighted by atomic mass is 10.0. The smallest absolute Gasteiger partial charge is 0.0406 e. The topological polar surface area (TPSA) is 29.3 Å². The predicted octanol–water partition coefficient (Wildman–Crippen LogP) is 3.07. The highest BCUT2D eigenvalue weighted by Crippen LogP contribution is 2.17. The van der Waals surface area contributed by atoms with Crippen molar-refractivity contribution < 1.29 is 0 Å². The minimum absolute atomic E-state index is 0.109. The van der Waals surface area contributed by atoms with Gasteiger partial charge in [-0.05, 0) is 43.8 Å². The number of nitrogens with two attached hydrogens (primary N) is 1. The Bertz CT molecular complexity index is 293. The molecule has 2 nitrogen and oxygen atoms in total. The summed E-state index contributed by atoms with van der Waals surface area (Å²) in [4.78, 5) is 2.38. The van der Waals surface area contributed by atoms with Crippen molar-refractivity contribution in [3.05, 3.63) is 34.9 Å². The highest BCUT2D eigenvalue weighted by Gasteiger charge is 2.07. The quantitative estimate of drug-likeness (QED) is 0.828. The average Bonchev–Trinajstić information content (AvgIpc) is 2.31. The van der Waals surface area contributed by atoms with E-state index in [2.05, 4.69) is 18.7 Å². The van der Waals surface area contributed by atoms with Crippen molar-refractivity contribution >= 4 is 11.6 Å². The molecule has 1 aromatic rings. The molecule has 0 fully saturated rings. The summed E-state index contributed by atoms with van der Waals surface area (Å²) in [6, 6.07) is 7.92. The summed E-state index contributed by atoms with van der Waals surface area (Å²) in [6.07, 6.45) is 0.989. The first-order chi connectivity index (χ1) is 7.67. The Morgan fingerprint density at radius 2 is 1.75 bits per heavy atom.